The number of benzene rings is 1. The molecule has 0 spiro atoms. The van der Waals surface area contributed by atoms with Crippen molar-refractivity contribution in [1.82, 2.24) is 5.43 Å². The first-order chi connectivity index (χ1) is 9.24. The normalized spacial score (nSPS) is 13.0. The fraction of sp³-hybridized carbons (Fsp3) is 0.429. The van der Waals surface area contributed by atoms with Crippen LogP contribution in [-0.2, 0) is 4.74 Å². The predicted octanol–water partition coefficient (Wildman–Crippen LogP) is 3.36. The summed E-state index contributed by atoms with van der Waals surface area (Å²) in [7, 11) is 1.71. The van der Waals surface area contributed by atoms with Gasteiger partial charge in [0.1, 0.15) is 5.82 Å². The zero-order valence-corrected chi connectivity index (χ0v) is 11.8. The lowest BCUT2D eigenvalue weighted by Crippen LogP contribution is -2.27. The van der Waals surface area contributed by atoms with Crippen LogP contribution in [0.25, 0.3) is 10.1 Å². The number of hydrazine groups is 1. The maximum absolute atomic E-state index is 13.2. The van der Waals surface area contributed by atoms with Crippen LogP contribution in [0.15, 0.2) is 24.3 Å². The molecule has 0 radical (unpaired) electrons. The largest absolute Gasteiger partial charge is 0.385 e. The van der Waals surface area contributed by atoms with E-state index in [9.17, 15) is 4.39 Å². The molecule has 0 aliphatic carbocycles. The van der Waals surface area contributed by atoms with Gasteiger partial charge in [-0.1, -0.05) is 0 Å². The highest BCUT2D eigenvalue weighted by molar-refractivity contribution is 7.19. The van der Waals surface area contributed by atoms with E-state index >= 15 is 0 Å². The highest BCUT2D eigenvalue weighted by atomic mass is 32.1. The Hall–Kier alpha value is -1.01. The Morgan fingerprint density at radius 2 is 2.21 bits per heavy atom. The molecule has 2 aromatic rings. The Bertz CT molecular complexity index is 529. The van der Waals surface area contributed by atoms with Crippen molar-refractivity contribution >= 4 is 21.4 Å². The van der Waals surface area contributed by atoms with E-state index in [1.54, 1.807) is 24.5 Å². The van der Waals surface area contributed by atoms with Crippen molar-refractivity contribution in [2.75, 3.05) is 13.7 Å². The first-order valence-corrected chi connectivity index (χ1v) is 7.20. The standard InChI is InChI=1S/C14H19FN2OS/c1-18-7-3-2-4-12(17-16)14-9-10-8-11(15)5-6-13(10)19-14/h5-6,8-9,12,17H,2-4,7,16H2,1H3. The highest BCUT2D eigenvalue weighted by Gasteiger charge is 2.13. The molecule has 0 bridgehead atoms. The third-order valence-corrected chi connectivity index (χ3v) is 4.36. The van der Waals surface area contributed by atoms with Crippen molar-refractivity contribution in [1.29, 1.82) is 0 Å². The van der Waals surface area contributed by atoms with Crippen LogP contribution < -0.4 is 11.3 Å². The maximum atomic E-state index is 13.2. The molecule has 3 N–H and O–H groups in total. The fourth-order valence-corrected chi connectivity index (χ4v) is 3.25. The first kappa shape index (κ1) is 14.4. The molecule has 1 heterocycles. The third kappa shape index (κ3) is 3.73. The number of unbranched alkanes of at least 4 members (excludes halogenated alkanes) is 1. The van der Waals surface area contributed by atoms with Gasteiger partial charge in [0.2, 0.25) is 0 Å². The van der Waals surface area contributed by atoms with Crippen LogP contribution in [0, 0.1) is 5.82 Å². The third-order valence-electron chi connectivity index (χ3n) is 3.13. The van der Waals surface area contributed by atoms with Crippen LogP contribution in [0.4, 0.5) is 4.39 Å². The molecule has 3 nitrogen and oxygen atoms in total. The van der Waals surface area contributed by atoms with Gasteiger partial charge < -0.3 is 4.74 Å². The second-order valence-electron chi connectivity index (χ2n) is 4.54. The molecular formula is C14H19FN2OS. The van der Waals surface area contributed by atoms with E-state index in [-0.39, 0.29) is 11.9 Å². The Labute approximate surface area is 116 Å². The summed E-state index contributed by atoms with van der Waals surface area (Å²) in [5.74, 6) is 5.42. The Balaban J connectivity index is 2.07. The molecule has 1 unspecified atom stereocenters. The van der Waals surface area contributed by atoms with Gasteiger partial charge in [0.25, 0.3) is 0 Å². The average molecular weight is 282 g/mol. The zero-order chi connectivity index (χ0) is 13.7. The van der Waals surface area contributed by atoms with Crippen LogP contribution >= 0.6 is 11.3 Å². The molecule has 0 aliphatic rings. The average Bonchev–Trinajstić information content (AvgIpc) is 2.81. The van der Waals surface area contributed by atoms with E-state index < -0.39 is 0 Å². The molecule has 0 aliphatic heterocycles. The van der Waals surface area contributed by atoms with Crippen molar-refractivity contribution in [3.63, 3.8) is 0 Å². The molecular weight excluding hydrogens is 263 g/mol. The number of ether oxygens (including phenoxy) is 1. The lowest BCUT2D eigenvalue weighted by Gasteiger charge is -2.13. The Morgan fingerprint density at radius 1 is 1.37 bits per heavy atom. The van der Waals surface area contributed by atoms with Crippen molar-refractivity contribution in [2.45, 2.75) is 25.3 Å². The van der Waals surface area contributed by atoms with Crippen LogP contribution in [0.5, 0.6) is 0 Å². The number of hydrogen-bond acceptors (Lipinski definition) is 4. The summed E-state index contributed by atoms with van der Waals surface area (Å²) >= 11 is 1.66. The number of nitrogens with one attached hydrogen (secondary N) is 1. The number of methoxy groups -OCH3 is 1. The van der Waals surface area contributed by atoms with E-state index in [2.05, 4.69) is 5.43 Å². The molecule has 5 heteroatoms. The number of thiophene rings is 1. The smallest absolute Gasteiger partial charge is 0.123 e. The Kier molecular flexibility index (Phi) is 5.27. The van der Waals surface area contributed by atoms with Gasteiger partial charge >= 0.3 is 0 Å². The summed E-state index contributed by atoms with van der Waals surface area (Å²) < 4.78 is 19.3. The molecule has 0 saturated carbocycles. The quantitative estimate of drug-likeness (QED) is 0.465. The minimum absolute atomic E-state index is 0.123. The zero-order valence-electron chi connectivity index (χ0n) is 11.0. The van der Waals surface area contributed by atoms with E-state index in [0.717, 1.165) is 40.8 Å². The lowest BCUT2D eigenvalue weighted by molar-refractivity contribution is 0.191. The van der Waals surface area contributed by atoms with E-state index in [0.29, 0.717) is 0 Å². The fourth-order valence-electron chi connectivity index (χ4n) is 2.11. The first-order valence-electron chi connectivity index (χ1n) is 6.38. The van der Waals surface area contributed by atoms with Gasteiger partial charge in [-0.3, -0.25) is 11.3 Å². The molecule has 0 amide bonds. The molecule has 2 rings (SSSR count). The van der Waals surface area contributed by atoms with E-state index in [1.165, 1.54) is 6.07 Å². The van der Waals surface area contributed by atoms with Gasteiger partial charge in [0, 0.05) is 23.3 Å². The van der Waals surface area contributed by atoms with Crippen molar-refractivity contribution in [2.24, 2.45) is 5.84 Å². The summed E-state index contributed by atoms with van der Waals surface area (Å²) in [6, 6.07) is 7.01. The van der Waals surface area contributed by atoms with Crippen LogP contribution in [0.1, 0.15) is 30.2 Å². The van der Waals surface area contributed by atoms with E-state index in [4.69, 9.17) is 10.6 Å². The van der Waals surface area contributed by atoms with Gasteiger partial charge in [-0.05, 0) is 48.9 Å². The van der Waals surface area contributed by atoms with E-state index in [1.807, 2.05) is 12.1 Å². The van der Waals surface area contributed by atoms with Crippen LogP contribution in [0.3, 0.4) is 0 Å². The second-order valence-corrected chi connectivity index (χ2v) is 5.65. The lowest BCUT2D eigenvalue weighted by atomic mass is 10.1. The highest BCUT2D eigenvalue weighted by Crippen LogP contribution is 2.32. The minimum Gasteiger partial charge on any atom is -0.385 e. The van der Waals surface area contributed by atoms with Gasteiger partial charge in [-0.25, -0.2) is 4.39 Å². The van der Waals surface area contributed by atoms with Gasteiger partial charge in [-0.2, -0.15) is 0 Å². The second kappa shape index (κ2) is 6.96. The Morgan fingerprint density at radius 3 is 2.95 bits per heavy atom. The molecule has 19 heavy (non-hydrogen) atoms. The van der Waals surface area contributed by atoms with Crippen molar-refractivity contribution in [3.05, 3.63) is 35.0 Å². The number of nitrogens with two attached hydrogens (primary N) is 1. The topological polar surface area (TPSA) is 47.3 Å². The number of hydrogen-bond donors (Lipinski definition) is 2. The molecule has 1 aromatic carbocycles. The van der Waals surface area contributed by atoms with Gasteiger partial charge in [-0.15, -0.1) is 11.3 Å². The van der Waals surface area contributed by atoms with Crippen molar-refractivity contribution in [3.8, 4) is 0 Å². The summed E-state index contributed by atoms with van der Waals surface area (Å²) in [6.07, 6.45) is 3.02. The molecule has 1 atom stereocenters. The van der Waals surface area contributed by atoms with Gasteiger partial charge in [0.15, 0.2) is 0 Å². The number of fused-ring (bicyclic) bond motifs is 1. The molecule has 0 fully saturated rings. The molecule has 1 aromatic heterocycles. The predicted molar refractivity (Wildman–Crippen MR) is 77.6 cm³/mol. The number of rotatable bonds is 7. The monoisotopic (exact) mass is 282 g/mol. The van der Waals surface area contributed by atoms with Crippen LogP contribution in [-0.4, -0.2) is 13.7 Å². The van der Waals surface area contributed by atoms with Gasteiger partial charge in [0.05, 0.1) is 6.04 Å². The summed E-state index contributed by atoms with van der Waals surface area (Å²) in [5.41, 5.74) is 2.85. The summed E-state index contributed by atoms with van der Waals surface area (Å²) in [6.45, 7) is 0.773. The van der Waals surface area contributed by atoms with Crippen molar-refractivity contribution < 1.29 is 9.13 Å². The summed E-state index contributed by atoms with van der Waals surface area (Å²) in [5, 5.41) is 0.942. The maximum Gasteiger partial charge on any atom is 0.123 e. The number of halogens is 1. The SMILES string of the molecule is COCCCCC(NN)c1cc2cc(F)ccc2s1. The molecule has 0 saturated heterocycles. The van der Waals surface area contributed by atoms with Crippen LogP contribution in [0.2, 0.25) is 0 Å². The molecule has 104 valence electrons. The minimum atomic E-state index is -0.200. The summed E-state index contributed by atoms with van der Waals surface area (Å²) in [4.78, 5) is 1.15.